The van der Waals surface area contributed by atoms with Gasteiger partial charge in [-0.25, -0.2) is 0 Å². The standard InChI is InChI=1S/C10H20ClNO/c1-9(5-8-13-2)12-6-3-10(11)4-7-12/h9-10H,3-8H2,1-2H3. The number of ether oxygens (including phenoxy) is 1. The van der Waals surface area contributed by atoms with Gasteiger partial charge < -0.3 is 9.64 Å². The van der Waals surface area contributed by atoms with Gasteiger partial charge >= 0.3 is 0 Å². The number of hydrogen-bond acceptors (Lipinski definition) is 2. The Hall–Kier alpha value is 0.210. The molecule has 0 aliphatic carbocycles. The summed E-state index contributed by atoms with van der Waals surface area (Å²) < 4.78 is 5.07. The van der Waals surface area contributed by atoms with Crippen LogP contribution >= 0.6 is 11.6 Å². The zero-order valence-corrected chi connectivity index (χ0v) is 9.39. The van der Waals surface area contributed by atoms with Gasteiger partial charge in [-0.15, -0.1) is 11.6 Å². The van der Waals surface area contributed by atoms with Crippen LogP contribution in [0.5, 0.6) is 0 Å². The van der Waals surface area contributed by atoms with Gasteiger partial charge in [0.1, 0.15) is 0 Å². The third-order valence-corrected chi connectivity index (χ3v) is 3.26. The molecule has 2 nitrogen and oxygen atoms in total. The van der Waals surface area contributed by atoms with E-state index in [0.717, 1.165) is 39.0 Å². The van der Waals surface area contributed by atoms with E-state index < -0.39 is 0 Å². The first-order valence-corrected chi connectivity index (χ1v) is 5.54. The fourth-order valence-corrected chi connectivity index (χ4v) is 1.97. The molecule has 1 heterocycles. The van der Waals surface area contributed by atoms with Gasteiger partial charge in [0, 0.05) is 25.1 Å². The van der Waals surface area contributed by atoms with Crippen LogP contribution in [0.4, 0.5) is 0 Å². The summed E-state index contributed by atoms with van der Waals surface area (Å²) in [6.07, 6.45) is 3.40. The first-order chi connectivity index (χ1) is 6.24. The molecule has 13 heavy (non-hydrogen) atoms. The van der Waals surface area contributed by atoms with Gasteiger partial charge in [0.2, 0.25) is 0 Å². The summed E-state index contributed by atoms with van der Waals surface area (Å²) in [5, 5.41) is 0.408. The molecule has 1 fully saturated rings. The number of alkyl halides is 1. The Balaban J connectivity index is 2.19. The number of piperidine rings is 1. The molecule has 1 aliphatic heterocycles. The monoisotopic (exact) mass is 205 g/mol. The Bertz CT molecular complexity index is 135. The van der Waals surface area contributed by atoms with E-state index in [1.165, 1.54) is 0 Å². The maximum absolute atomic E-state index is 6.04. The first kappa shape index (κ1) is 11.3. The highest BCUT2D eigenvalue weighted by molar-refractivity contribution is 6.20. The number of nitrogens with zero attached hydrogens (tertiary/aromatic N) is 1. The minimum absolute atomic E-state index is 0.408. The molecule has 0 bridgehead atoms. The van der Waals surface area contributed by atoms with E-state index in [2.05, 4.69) is 11.8 Å². The molecular weight excluding hydrogens is 186 g/mol. The molecule has 0 spiro atoms. The van der Waals surface area contributed by atoms with Crippen LogP contribution in [0.3, 0.4) is 0 Å². The summed E-state index contributed by atoms with van der Waals surface area (Å²) in [6, 6.07) is 0.643. The molecule has 1 saturated heterocycles. The maximum Gasteiger partial charge on any atom is 0.0477 e. The lowest BCUT2D eigenvalue weighted by atomic mass is 10.1. The molecule has 0 saturated carbocycles. The predicted molar refractivity (Wildman–Crippen MR) is 56.4 cm³/mol. The van der Waals surface area contributed by atoms with E-state index in [1.54, 1.807) is 7.11 Å². The van der Waals surface area contributed by atoms with Crippen molar-refractivity contribution in [3.8, 4) is 0 Å². The van der Waals surface area contributed by atoms with Crippen LogP contribution in [-0.2, 0) is 4.74 Å². The van der Waals surface area contributed by atoms with Gasteiger partial charge in [0.05, 0.1) is 0 Å². The highest BCUT2D eigenvalue weighted by atomic mass is 35.5. The molecule has 0 N–H and O–H groups in total. The van der Waals surface area contributed by atoms with E-state index in [4.69, 9.17) is 16.3 Å². The zero-order valence-electron chi connectivity index (χ0n) is 8.63. The minimum atomic E-state index is 0.408. The summed E-state index contributed by atoms with van der Waals surface area (Å²) in [5.74, 6) is 0. The lowest BCUT2D eigenvalue weighted by Crippen LogP contribution is -2.40. The Labute approximate surface area is 86.2 Å². The third kappa shape index (κ3) is 3.84. The molecule has 1 aliphatic rings. The summed E-state index contributed by atoms with van der Waals surface area (Å²) in [5.41, 5.74) is 0. The van der Waals surface area contributed by atoms with E-state index >= 15 is 0 Å². The Morgan fingerprint density at radius 3 is 2.62 bits per heavy atom. The van der Waals surface area contributed by atoms with E-state index in [1.807, 2.05) is 0 Å². The molecule has 0 amide bonds. The maximum atomic E-state index is 6.04. The van der Waals surface area contributed by atoms with Crippen LogP contribution < -0.4 is 0 Å². The van der Waals surface area contributed by atoms with E-state index in [0.29, 0.717) is 11.4 Å². The van der Waals surface area contributed by atoms with Crippen LogP contribution in [0, 0.1) is 0 Å². The molecule has 0 radical (unpaired) electrons. The van der Waals surface area contributed by atoms with Crippen molar-refractivity contribution >= 4 is 11.6 Å². The van der Waals surface area contributed by atoms with Crippen molar-refractivity contribution in [3.63, 3.8) is 0 Å². The van der Waals surface area contributed by atoms with Crippen molar-refractivity contribution in [2.75, 3.05) is 26.8 Å². The van der Waals surface area contributed by atoms with Gasteiger partial charge in [0.15, 0.2) is 0 Å². The van der Waals surface area contributed by atoms with Gasteiger partial charge in [-0.1, -0.05) is 0 Å². The van der Waals surface area contributed by atoms with Crippen LogP contribution in [0.1, 0.15) is 26.2 Å². The van der Waals surface area contributed by atoms with E-state index in [9.17, 15) is 0 Å². The second kappa shape index (κ2) is 5.84. The van der Waals surface area contributed by atoms with Crippen molar-refractivity contribution in [2.24, 2.45) is 0 Å². The lowest BCUT2D eigenvalue weighted by Gasteiger charge is -2.34. The molecule has 3 heteroatoms. The molecule has 1 unspecified atom stereocenters. The van der Waals surface area contributed by atoms with Crippen LogP contribution in [-0.4, -0.2) is 43.1 Å². The lowest BCUT2D eigenvalue weighted by molar-refractivity contribution is 0.124. The van der Waals surface area contributed by atoms with Gasteiger partial charge in [-0.2, -0.15) is 0 Å². The minimum Gasteiger partial charge on any atom is -0.385 e. The summed E-state index contributed by atoms with van der Waals surface area (Å²) >= 11 is 6.04. The van der Waals surface area contributed by atoms with Gasteiger partial charge in [-0.3, -0.25) is 0 Å². The fraction of sp³-hybridized carbons (Fsp3) is 1.00. The highest BCUT2D eigenvalue weighted by Crippen LogP contribution is 2.18. The molecule has 1 atom stereocenters. The fourth-order valence-electron chi connectivity index (χ4n) is 1.78. The third-order valence-electron chi connectivity index (χ3n) is 2.82. The molecule has 0 aromatic rings. The smallest absolute Gasteiger partial charge is 0.0477 e. The largest absolute Gasteiger partial charge is 0.385 e. The molecule has 0 aromatic carbocycles. The zero-order chi connectivity index (χ0) is 9.68. The number of rotatable bonds is 4. The highest BCUT2D eigenvalue weighted by Gasteiger charge is 2.20. The normalized spacial score (nSPS) is 23.3. The van der Waals surface area contributed by atoms with Crippen molar-refractivity contribution in [3.05, 3.63) is 0 Å². The number of likely N-dealkylation sites (tertiary alicyclic amines) is 1. The average Bonchev–Trinajstić information content (AvgIpc) is 2.15. The van der Waals surface area contributed by atoms with Crippen LogP contribution in [0.25, 0.3) is 0 Å². The Kier molecular flexibility index (Phi) is 5.07. The first-order valence-electron chi connectivity index (χ1n) is 5.11. The topological polar surface area (TPSA) is 12.5 Å². The number of halogens is 1. The summed E-state index contributed by atoms with van der Waals surface area (Å²) in [7, 11) is 1.76. The predicted octanol–water partition coefficient (Wildman–Crippen LogP) is 2.11. The van der Waals surface area contributed by atoms with Crippen LogP contribution in [0.2, 0.25) is 0 Å². The summed E-state index contributed by atoms with van der Waals surface area (Å²) in [4.78, 5) is 2.51. The molecule has 1 rings (SSSR count). The van der Waals surface area contributed by atoms with Gasteiger partial charge in [0.25, 0.3) is 0 Å². The molecule has 0 aromatic heterocycles. The second-order valence-corrected chi connectivity index (χ2v) is 4.46. The van der Waals surface area contributed by atoms with Crippen molar-refractivity contribution in [1.29, 1.82) is 0 Å². The quantitative estimate of drug-likeness (QED) is 0.652. The molecule has 78 valence electrons. The van der Waals surface area contributed by atoms with Crippen molar-refractivity contribution in [1.82, 2.24) is 4.90 Å². The van der Waals surface area contributed by atoms with Crippen molar-refractivity contribution in [2.45, 2.75) is 37.6 Å². The van der Waals surface area contributed by atoms with Gasteiger partial charge in [-0.05, 0) is 39.3 Å². The van der Waals surface area contributed by atoms with Crippen molar-refractivity contribution < 1.29 is 4.74 Å². The van der Waals surface area contributed by atoms with E-state index in [-0.39, 0.29) is 0 Å². The Morgan fingerprint density at radius 2 is 2.08 bits per heavy atom. The Morgan fingerprint density at radius 1 is 1.46 bits per heavy atom. The number of hydrogen-bond donors (Lipinski definition) is 0. The van der Waals surface area contributed by atoms with Crippen LogP contribution in [0.15, 0.2) is 0 Å². The summed E-state index contributed by atoms with van der Waals surface area (Å²) in [6.45, 7) is 5.44. The SMILES string of the molecule is COCCC(C)N1CCC(Cl)CC1. The average molecular weight is 206 g/mol. The number of methoxy groups -OCH3 is 1. The second-order valence-electron chi connectivity index (χ2n) is 3.84. The molecular formula is C10H20ClNO.